The summed E-state index contributed by atoms with van der Waals surface area (Å²) in [5.41, 5.74) is 2.64. The normalized spacial score (nSPS) is 10.8. The van der Waals surface area contributed by atoms with E-state index in [0.29, 0.717) is 5.69 Å². The maximum absolute atomic E-state index is 12.3. The van der Waals surface area contributed by atoms with Gasteiger partial charge in [-0.15, -0.1) is 0 Å². The zero-order valence-corrected chi connectivity index (χ0v) is 12.9. The Labute approximate surface area is 121 Å². The molecule has 1 aromatic heterocycles. The maximum Gasteiger partial charge on any atom is 0.272 e. The molecule has 1 amide bonds. The number of aryl methyl sites for hydroxylation is 1. The van der Waals surface area contributed by atoms with E-state index in [4.69, 9.17) is 0 Å². The average molecular weight is 321 g/mol. The molecule has 0 saturated heterocycles. The van der Waals surface area contributed by atoms with Gasteiger partial charge in [-0.25, -0.2) is 0 Å². The van der Waals surface area contributed by atoms with Gasteiger partial charge in [0.05, 0.1) is 0 Å². The highest BCUT2D eigenvalue weighted by atomic mass is 79.9. The highest BCUT2D eigenvalue weighted by Crippen LogP contribution is 2.20. The number of nitrogens with zero attached hydrogens (tertiary/aromatic N) is 1. The zero-order chi connectivity index (χ0) is 14.0. The van der Waals surface area contributed by atoms with Gasteiger partial charge in [0.1, 0.15) is 5.69 Å². The SMILES string of the molecule is Cc1ccc(NC(=O)c2cc(Br)cn2C(C)C)cc1. The summed E-state index contributed by atoms with van der Waals surface area (Å²) in [7, 11) is 0. The number of hydrogen-bond donors (Lipinski definition) is 1. The van der Waals surface area contributed by atoms with Crippen molar-refractivity contribution in [2.24, 2.45) is 0 Å². The Morgan fingerprint density at radius 2 is 1.89 bits per heavy atom. The molecule has 1 aromatic carbocycles. The van der Waals surface area contributed by atoms with Crippen LogP contribution < -0.4 is 5.32 Å². The fourth-order valence-electron chi connectivity index (χ4n) is 1.89. The number of benzene rings is 1. The van der Waals surface area contributed by atoms with Gasteiger partial charge in [-0.1, -0.05) is 17.7 Å². The second-order valence-corrected chi connectivity index (χ2v) is 5.78. The summed E-state index contributed by atoms with van der Waals surface area (Å²) in [5, 5.41) is 2.91. The molecular formula is C15H17BrN2O. The number of amides is 1. The average Bonchev–Trinajstić information content (AvgIpc) is 2.74. The Balaban J connectivity index is 2.22. The van der Waals surface area contributed by atoms with Gasteiger partial charge in [0, 0.05) is 22.4 Å². The summed E-state index contributed by atoms with van der Waals surface area (Å²) in [6.07, 6.45) is 1.93. The van der Waals surface area contributed by atoms with E-state index in [0.717, 1.165) is 10.2 Å². The molecule has 3 nitrogen and oxygen atoms in total. The van der Waals surface area contributed by atoms with Gasteiger partial charge in [-0.05, 0) is 54.9 Å². The van der Waals surface area contributed by atoms with E-state index in [-0.39, 0.29) is 11.9 Å². The number of carbonyl (C=O) groups is 1. The fourth-order valence-corrected chi connectivity index (χ4v) is 2.32. The van der Waals surface area contributed by atoms with Crippen LogP contribution in [0.15, 0.2) is 41.0 Å². The first kappa shape index (κ1) is 13.9. The van der Waals surface area contributed by atoms with Crippen LogP contribution in [0.5, 0.6) is 0 Å². The third-order valence-electron chi connectivity index (χ3n) is 2.91. The number of halogens is 1. The van der Waals surface area contributed by atoms with Gasteiger partial charge in [-0.2, -0.15) is 0 Å². The van der Waals surface area contributed by atoms with Gasteiger partial charge >= 0.3 is 0 Å². The minimum atomic E-state index is -0.0942. The molecule has 0 spiro atoms. The monoisotopic (exact) mass is 320 g/mol. The van der Waals surface area contributed by atoms with Crippen molar-refractivity contribution in [2.75, 3.05) is 5.32 Å². The Hall–Kier alpha value is -1.55. The smallest absolute Gasteiger partial charge is 0.272 e. The largest absolute Gasteiger partial charge is 0.340 e. The fraction of sp³-hybridized carbons (Fsp3) is 0.267. The molecule has 0 unspecified atom stereocenters. The molecule has 0 aliphatic carbocycles. The van der Waals surface area contributed by atoms with Crippen LogP contribution in [-0.2, 0) is 0 Å². The van der Waals surface area contributed by atoms with Crippen molar-refractivity contribution in [3.8, 4) is 0 Å². The standard InChI is InChI=1S/C15H17BrN2O/c1-10(2)18-9-12(16)8-14(18)15(19)17-13-6-4-11(3)5-7-13/h4-10H,1-3H3,(H,17,19). The van der Waals surface area contributed by atoms with Crippen molar-refractivity contribution in [3.63, 3.8) is 0 Å². The van der Waals surface area contributed by atoms with E-state index in [2.05, 4.69) is 35.1 Å². The Kier molecular flexibility index (Phi) is 4.10. The van der Waals surface area contributed by atoms with E-state index < -0.39 is 0 Å². The molecule has 0 radical (unpaired) electrons. The zero-order valence-electron chi connectivity index (χ0n) is 11.3. The van der Waals surface area contributed by atoms with E-state index in [9.17, 15) is 4.79 Å². The van der Waals surface area contributed by atoms with Crippen molar-refractivity contribution < 1.29 is 4.79 Å². The molecule has 2 rings (SSSR count). The molecule has 0 aliphatic heterocycles. The van der Waals surface area contributed by atoms with E-state index in [1.807, 2.05) is 48.0 Å². The topological polar surface area (TPSA) is 34.0 Å². The highest BCUT2D eigenvalue weighted by molar-refractivity contribution is 9.10. The van der Waals surface area contributed by atoms with Crippen molar-refractivity contribution in [3.05, 3.63) is 52.3 Å². The molecule has 0 fully saturated rings. The van der Waals surface area contributed by atoms with Crippen molar-refractivity contribution in [2.45, 2.75) is 26.8 Å². The summed E-state index contributed by atoms with van der Waals surface area (Å²) in [6, 6.07) is 9.85. The minimum absolute atomic E-state index is 0.0942. The van der Waals surface area contributed by atoms with Gasteiger partial charge < -0.3 is 9.88 Å². The second kappa shape index (κ2) is 5.61. The second-order valence-electron chi connectivity index (χ2n) is 4.86. The third-order valence-corrected chi connectivity index (χ3v) is 3.35. The molecule has 1 N–H and O–H groups in total. The summed E-state index contributed by atoms with van der Waals surface area (Å²) in [4.78, 5) is 12.3. The first-order valence-electron chi connectivity index (χ1n) is 6.23. The van der Waals surface area contributed by atoms with Crippen molar-refractivity contribution in [1.82, 2.24) is 4.57 Å². The van der Waals surface area contributed by atoms with Crippen LogP contribution in [0.4, 0.5) is 5.69 Å². The Morgan fingerprint density at radius 3 is 2.47 bits per heavy atom. The van der Waals surface area contributed by atoms with Crippen LogP contribution in [0.2, 0.25) is 0 Å². The number of anilines is 1. The summed E-state index contributed by atoms with van der Waals surface area (Å²) < 4.78 is 2.86. The van der Waals surface area contributed by atoms with Crippen LogP contribution in [0.25, 0.3) is 0 Å². The lowest BCUT2D eigenvalue weighted by Gasteiger charge is -2.12. The maximum atomic E-state index is 12.3. The quantitative estimate of drug-likeness (QED) is 0.894. The molecule has 0 bridgehead atoms. The van der Waals surface area contributed by atoms with Crippen LogP contribution in [0, 0.1) is 6.92 Å². The summed E-state index contributed by atoms with van der Waals surface area (Å²) in [5.74, 6) is -0.0942. The van der Waals surface area contributed by atoms with Crippen LogP contribution in [0.3, 0.4) is 0 Å². The minimum Gasteiger partial charge on any atom is -0.340 e. The predicted molar refractivity (Wildman–Crippen MR) is 81.6 cm³/mol. The highest BCUT2D eigenvalue weighted by Gasteiger charge is 2.14. The summed E-state index contributed by atoms with van der Waals surface area (Å²) >= 11 is 3.41. The lowest BCUT2D eigenvalue weighted by molar-refractivity contribution is 0.101. The molecule has 19 heavy (non-hydrogen) atoms. The molecule has 100 valence electrons. The molecule has 4 heteroatoms. The molecular weight excluding hydrogens is 304 g/mol. The number of nitrogens with one attached hydrogen (secondary N) is 1. The molecule has 0 atom stereocenters. The predicted octanol–water partition coefficient (Wildman–Crippen LogP) is 4.39. The number of hydrogen-bond acceptors (Lipinski definition) is 1. The molecule has 2 aromatic rings. The van der Waals surface area contributed by atoms with E-state index >= 15 is 0 Å². The number of rotatable bonds is 3. The van der Waals surface area contributed by atoms with Crippen LogP contribution in [0.1, 0.15) is 35.9 Å². The number of carbonyl (C=O) groups excluding carboxylic acids is 1. The van der Waals surface area contributed by atoms with Crippen LogP contribution >= 0.6 is 15.9 Å². The van der Waals surface area contributed by atoms with E-state index in [1.54, 1.807) is 0 Å². The lowest BCUT2D eigenvalue weighted by Crippen LogP contribution is -2.17. The van der Waals surface area contributed by atoms with E-state index in [1.165, 1.54) is 5.56 Å². The van der Waals surface area contributed by atoms with Gasteiger partial charge in [0.25, 0.3) is 5.91 Å². The summed E-state index contributed by atoms with van der Waals surface area (Å²) in [6.45, 7) is 6.12. The Bertz CT molecular complexity index is 585. The van der Waals surface area contributed by atoms with Gasteiger partial charge in [-0.3, -0.25) is 4.79 Å². The Morgan fingerprint density at radius 1 is 1.26 bits per heavy atom. The first-order valence-corrected chi connectivity index (χ1v) is 7.02. The van der Waals surface area contributed by atoms with Gasteiger partial charge in [0.15, 0.2) is 0 Å². The molecule has 0 saturated carbocycles. The molecule has 0 aliphatic rings. The van der Waals surface area contributed by atoms with Crippen LogP contribution in [-0.4, -0.2) is 10.5 Å². The van der Waals surface area contributed by atoms with Crippen molar-refractivity contribution in [1.29, 1.82) is 0 Å². The molecule has 1 heterocycles. The van der Waals surface area contributed by atoms with Crippen molar-refractivity contribution >= 4 is 27.5 Å². The third kappa shape index (κ3) is 3.26. The van der Waals surface area contributed by atoms with Gasteiger partial charge in [0.2, 0.25) is 0 Å². The lowest BCUT2D eigenvalue weighted by atomic mass is 10.2. The first-order chi connectivity index (χ1) is 8.97. The number of aromatic nitrogens is 1.